The van der Waals surface area contributed by atoms with Gasteiger partial charge in [0.2, 0.25) is 0 Å². The smallest absolute Gasteiger partial charge is 0.344 e. The van der Waals surface area contributed by atoms with Gasteiger partial charge in [0, 0.05) is 11.5 Å². The molecule has 0 saturated heterocycles. The van der Waals surface area contributed by atoms with Crippen LogP contribution in [0.3, 0.4) is 0 Å². The summed E-state index contributed by atoms with van der Waals surface area (Å²) in [5.41, 5.74) is 0.743. The summed E-state index contributed by atoms with van der Waals surface area (Å²) in [4.78, 5) is 11.6. The van der Waals surface area contributed by atoms with Crippen LogP contribution in [-0.2, 0) is 0 Å². The minimum absolute atomic E-state index is 0.342. The molecule has 1 aromatic carbocycles. The zero-order chi connectivity index (χ0) is 10.3. The Hall–Kier alpha value is -2.23. The van der Waals surface area contributed by atoms with Gasteiger partial charge in [-0.2, -0.15) is 5.10 Å². The molecule has 4 nitrogen and oxygen atoms in total. The molecule has 2 aromatic heterocycles. The maximum atomic E-state index is 11.6. The second-order valence-corrected chi connectivity index (χ2v) is 3.18. The summed E-state index contributed by atoms with van der Waals surface area (Å²) < 4.78 is 5.12. The summed E-state index contributed by atoms with van der Waals surface area (Å²) in [6.45, 7) is 0. The van der Waals surface area contributed by atoms with Crippen LogP contribution >= 0.6 is 0 Å². The minimum atomic E-state index is -0.342. The van der Waals surface area contributed by atoms with E-state index in [0.29, 0.717) is 16.5 Å². The SMILES string of the molecule is O=c1oc2ccnnc2c2ccccc12. The lowest BCUT2D eigenvalue weighted by molar-refractivity contribution is 0.567. The van der Waals surface area contributed by atoms with Crippen molar-refractivity contribution in [2.24, 2.45) is 0 Å². The molecule has 0 radical (unpaired) electrons. The third-order valence-electron chi connectivity index (χ3n) is 2.29. The van der Waals surface area contributed by atoms with Gasteiger partial charge in [-0.25, -0.2) is 4.79 Å². The summed E-state index contributed by atoms with van der Waals surface area (Å²) in [5, 5.41) is 9.06. The van der Waals surface area contributed by atoms with Gasteiger partial charge in [-0.3, -0.25) is 0 Å². The first-order valence-electron chi connectivity index (χ1n) is 4.49. The van der Waals surface area contributed by atoms with Crippen LogP contribution < -0.4 is 5.63 Å². The van der Waals surface area contributed by atoms with Gasteiger partial charge < -0.3 is 4.42 Å². The second kappa shape index (κ2) is 2.88. The van der Waals surface area contributed by atoms with E-state index in [4.69, 9.17) is 4.42 Å². The zero-order valence-corrected chi connectivity index (χ0v) is 7.68. The highest BCUT2D eigenvalue weighted by Gasteiger charge is 2.06. The fraction of sp³-hybridized carbons (Fsp3) is 0. The van der Waals surface area contributed by atoms with E-state index in [1.54, 1.807) is 18.2 Å². The second-order valence-electron chi connectivity index (χ2n) is 3.18. The van der Waals surface area contributed by atoms with Gasteiger partial charge in [-0.1, -0.05) is 18.2 Å². The Morgan fingerprint density at radius 2 is 1.87 bits per heavy atom. The van der Waals surface area contributed by atoms with Crippen LogP contribution in [0.5, 0.6) is 0 Å². The molecule has 0 unspecified atom stereocenters. The van der Waals surface area contributed by atoms with Crippen molar-refractivity contribution in [1.29, 1.82) is 0 Å². The summed E-state index contributed by atoms with van der Waals surface area (Å²) in [7, 11) is 0. The van der Waals surface area contributed by atoms with E-state index < -0.39 is 0 Å². The Kier molecular flexibility index (Phi) is 1.56. The fourth-order valence-electron chi connectivity index (χ4n) is 1.61. The molecule has 3 rings (SSSR count). The van der Waals surface area contributed by atoms with Crippen molar-refractivity contribution < 1.29 is 4.42 Å². The van der Waals surface area contributed by atoms with Gasteiger partial charge in [-0.15, -0.1) is 5.10 Å². The molecule has 0 amide bonds. The molecule has 0 aliphatic rings. The lowest BCUT2D eigenvalue weighted by Crippen LogP contribution is -2.00. The standard InChI is InChI=1S/C11H6N2O2/c14-11-8-4-2-1-3-7(8)10-9(15-11)5-6-12-13-10/h1-6H. The minimum Gasteiger partial charge on any atom is -0.420 e. The number of hydrogen-bond acceptors (Lipinski definition) is 4. The highest BCUT2D eigenvalue weighted by molar-refractivity contribution is 6.01. The number of rotatable bonds is 0. The van der Waals surface area contributed by atoms with E-state index in [9.17, 15) is 4.79 Å². The van der Waals surface area contributed by atoms with Crippen LogP contribution in [0.1, 0.15) is 0 Å². The summed E-state index contributed by atoms with van der Waals surface area (Å²) in [6.07, 6.45) is 1.50. The molecule has 0 aliphatic carbocycles. The molecular weight excluding hydrogens is 192 g/mol. The van der Waals surface area contributed by atoms with E-state index in [1.165, 1.54) is 6.20 Å². The number of hydrogen-bond donors (Lipinski definition) is 0. The summed E-state index contributed by atoms with van der Waals surface area (Å²) in [5.74, 6) is 0. The molecule has 3 aromatic rings. The van der Waals surface area contributed by atoms with E-state index in [-0.39, 0.29) is 5.63 Å². The molecule has 72 valence electrons. The van der Waals surface area contributed by atoms with Crippen LogP contribution in [-0.4, -0.2) is 10.2 Å². The number of benzene rings is 1. The Bertz CT molecular complexity index is 703. The van der Waals surface area contributed by atoms with Gasteiger partial charge in [0.15, 0.2) is 5.58 Å². The lowest BCUT2D eigenvalue weighted by Gasteiger charge is -1.98. The normalized spacial score (nSPS) is 10.9. The van der Waals surface area contributed by atoms with Crippen molar-refractivity contribution in [2.75, 3.05) is 0 Å². The Labute approximate surface area is 84.2 Å². The number of fused-ring (bicyclic) bond motifs is 3. The number of aromatic nitrogens is 2. The van der Waals surface area contributed by atoms with Crippen molar-refractivity contribution in [1.82, 2.24) is 10.2 Å². The largest absolute Gasteiger partial charge is 0.420 e. The summed E-state index contributed by atoms with van der Waals surface area (Å²) >= 11 is 0. The fourth-order valence-corrected chi connectivity index (χ4v) is 1.61. The molecule has 15 heavy (non-hydrogen) atoms. The van der Waals surface area contributed by atoms with Crippen LogP contribution in [0.25, 0.3) is 21.9 Å². The topological polar surface area (TPSA) is 56.0 Å². The predicted octanol–water partition coefficient (Wildman–Crippen LogP) is 1.74. The monoisotopic (exact) mass is 198 g/mol. The highest BCUT2D eigenvalue weighted by Crippen LogP contribution is 2.18. The van der Waals surface area contributed by atoms with Crippen molar-refractivity contribution >= 4 is 21.9 Å². The maximum absolute atomic E-state index is 11.6. The quantitative estimate of drug-likeness (QED) is 0.516. The third-order valence-corrected chi connectivity index (χ3v) is 2.29. The van der Waals surface area contributed by atoms with Crippen molar-refractivity contribution in [3.05, 3.63) is 46.9 Å². The van der Waals surface area contributed by atoms with Crippen molar-refractivity contribution in [2.45, 2.75) is 0 Å². The van der Waals surface area contributed by atoms with Crippen LogP contribution in [0, 0.1) is 0 Å². The van der Waals surface area contributed by atoms with E-state index in [2.05, 4.69) is 10.2 Å². The molecule has 4 heteroatoms. The van der Waals surface area contributed by atoms with E-state index in [0.717, 1.165) is 5.39 Å². The van der Waals surface area contributed by atoms with E-state index >= 15 is 0 Å². The summed E-state index contributed by atoms with van der Waals surface area (Å²) in [6, 6.07) is 8.84. The molecule has 0 fully saturated rings. The zero-order valence-electron chi connectivity index (χ0n) is 7.68. The van der Waals surface area contributed by atoms with Gasteiger partial charge in [-0.05, 0) is 6.07 Å². The first-order chi connectivity index (χ1) is 7.36. The van der Waals surface area contributed by atoms with Gasteiger partial charge >= 0.3 is 5.63 Å². The molecular formula is C11H6N2O2. The molecule has 0 N–H and O–H groups in total. The lowest BCUT2D eigenvalue weighted by atomic mass is 10.1. The first-order valence-corrected chi connectivity index (χ1v) is 4.49. The number of nitrogens with zero attached hydrogens (tertiary/aromatic N) is 2. The van der Waals surface area contributed by atoms with Gasteiger partial charge in [0.25, 0.3) is 0 Å². The van der Waals surface area contributed by atoms with Crippen molar-refractivity contribution in [3.8, 4) is 0 Å². The Morgan fingerprint density at radius 1 is 1.07 bits per heavy atom. The Morgan fingerprint density at radius 3 is 2.73 bits per heavy atom. The maximum Gasteiger partial charge on any atom is 0.344 e. The molecule has 0 atom stereocenters. The van der Waals surface area contributed by atoms with Crippen LogP contribution in [0.4, 0.5) is 0 Å². The predicted molar refractivity (Wildman–Crippen MR) is 55.6 cm³/mol. The molecule has 0 bridgehead atoms. The third kappa shape index (κ3) is 1.11. The van der Waals surface area contributed by atoms with Crippen LogP contribution in [0.2, 0.25) is 0 Å². The van der Waals surface area contributed by atoms with E-state index in [1.807, 2.05) is 12.1 Å². The molecule has 2 heterocycles. The first kappa shape index (κ1) is 8.11. The molecule has 0 saturated carbocycles. The van der Waals surface area contributed by atoms with Gasteiger partial charge in [0.05, 0.1) is 11.6 Å². The average molecular weight is 198 g/mol. The molecule has 0 spiro atoms. The Balaban J connectivity index is 2.70. The van der Waals surface area contributed by atoms with Crippen LogP contribution in [0.15, 0.2) is 45.7 Å². The molecule has 0 aliphatic heterocycles. The van der Waals surface area contributed by atoms with Gasteiger partial charge in [0.1, 0.15) is 5.52 Å². The van der Waals surface area contributed by atoms with Crippen molar-refractivity contribution in [3.63, 3.8) is 0 Å². The highest BCUT2D eigenvalue weighted by atomic mass is 16.4. The average Bonchev–Trinajstić information content (AvgIpc) is 2.30.